The van der Waals surface area contributed by atoms with Crippen LogP contribution in [0, 0.1) is 10.8 Å². The number of hydrogen-bond acceptors (Lipinski definition) is 4. The highest BCUT2D eigenvalue weighted by molar-refractivity contribution is 6.47. The second kappa shape index (κ2) is 4.81. The lowest BCUT2D eigenvalue weighted by Gasteiger charge is -2.01. The van der Waals surface area contributed by atoms with Gasteiger partial charge in [-0.2, -0.15) is 0 Å². The second-order valence-electron chi connectivity index (χ2n) is 2.15. The van der Waals surface area contributed by atoms with Gasteiger partial charge in [0.1, 0.15) is 5.84 Å². The fourth-order valence-corrected chi connectivity index (χ4v) is 0.475. The van der Waals surface area contributed by atoms with Crippen molar-refractivity contribution in [3.63, 3.8) is 0 Å². The van der Waals surface area contributed by atoms with Gasteiger partial charge in [0.05, 0.1) is 5.71 Å². The maximum atomic E-state index is 9.00. The molecule has 70 valence electrons. The minimum absolute atomic E-state index is 0.100. The number of dihydropyridines is 1. The predicted octanol–water partition coefficient (Wildman–Crippen LogP) is 0.00134. The summed E-state index contributed by atoms with van der Waals surface area (Å²) in [4.78, 5) is 12.5. The molecule has 0 atom stereocenters. The molecule has 0 radical (unpaired) electrons. The Hall–Kier alpha value is -1.98. The third-order valence-corrected chi connectivity index (χ3v) is 0.925. The molecule has 1 rings (SSSR count). The SMILES string of the molecule is CC(=O)O.N=C1C=CC(=N)C(N)=N1. The zero-order valence-electron chi connectivity index (χ0n) is 7.03. The number of carbonyl (C=O) groups is 1. The van der Waals surface area contributed by atoms with Crippen molar-refractivity contribution in [3.8, 4) is 0 Å². The van der Waals surface area contributed by atoms with E-state index in [2.05, 4.69) is 4.99 Å². The minimum atomic E-state index is -0.833. The minimum Gasteiger partial charge on any atom is -0.481 e. The van der Waals surface area contributed by atoms with Gasteiger partial charge in [0, 0.05) is 6.92 Å². The lowest BCUT2D eigenvalue weighted by atomic mass is 10.2. The summed E-state index contributed by atoms with van der Waals surface area (Å²) in [5.41, 5.74) is 5.37. The van der Waals surface area contributed by atoms with E-state index in [1.54, 1.807) is 0 Å². The first-order valence-electron chi connectivity index (χ1n) is 3.32. The van der Waals surface area contributed by atoms with Crippen molar-refractivity contribution in [1.29, 1.82) is 10.8 Å². The average molecular weight is 182 g/mol. The summed E-state index contributed by atoms with van der Waals surface area (Å²) in [6.07, 6.45) is 2.88. The van der Waals surface area contributed by atoms with Gasteiger partial charge in [-0.3, -0.25) is 15.6 Å². The van der Waals surface area contributed by atoms with Gasteiger partial charge in [-0.05, 0) is 12.2 Å². The molecule has 1 heterocycles. The first kappa shape index (κ1) is 11.0. The average Bonchev–Trinajstić information content (AvgIpc) is 1.96. The molecule has 13 heavy (non-hydrogen) atoms. The molecule has 0 saturated heterocycles. The maximum absolute atomic E-state index is 9.00. The van der Waals surface area contributed by atoms with Crippen LogP contribution in [0.1, 0.15) is 6.92 Å². The quantitative estimate of drug-likeness (QED) is 0.421. The maximum Gasteiger partial charge on any atom is 0.300 e. The third-order valence-electron chi connectivity index (χ3n) is 0.925. The van der Waals surface area contributed by atoms with E-state index in [1.807, 2.05) is 0 Å². The molecule has 0 aromatic heterocycles. The molecule has 0 bridgehead atoms. The number of nitrogens with one attached hydrogen (secondary N) is 2. The van der Waals surface area contributed by atoms with Gasteiger partial charge in [0.2, 0.25) is 0 Å². The van der Waals surface area contributed by atoms with Gasteiger partial charge in [-0.25, -0.2) is 4.99 Å². The topological polar surface area (TPSA) is 123 Å². The fraction of sp³-hybridized carbons (Fsp3) is 0.143. The monoisotopic (exact) mass is 182 g/mol. The summed E-state index contributed by atoms with van der Waals surface area (Å²) in [6, 6.07) is 0. The summed E-state index contributed by atoms with van der Waals surface area (Å²) >= 11 is 0. The third kappa shape index (κ3) is 5.31. The van der Waals surface area contributed by atoms with Crippen LogP contribution < -0.4 is 5.73 Å². The molecule has 6 heteroatoms. The molecule has 0 amide bonds. The van der Waals surface area contributed by atoms with E-state index in [-0.39, 0.29) is 17.4 Å². The molecule has 1 aliphatic heterocycles. The smallest absolute Gasteiger partial charge is 0.300 e. The number of rotatable bonds is 0. The zero-order chi connectivity index (χ0) is 10.4. The van der Waals surface area contributed by atoms with Crippen molar-refractivity contribution in [1.82, 2.24) is 0 Å². The number of nitrogens with zero attached hydrogens (tertiary/aromatic N) is 1. The van der Waals surface area contributed by atoms with Crippen molar-refractivity contribution in [3.05, 3.63) is 12.2 Å². The normalized spacial score (nSPS) is 14.4. The lowest BCUT2D eigenvalue weighted by Crippen LogP contribution is -2.25. The van der Waals surface area contributed by atoms with E-state index in [0.717, 1.165) is 6.92 Å². The number of nitrogens with two attached hydrogens (primary N) is 1. The molecule has 6 nitrogen and oxygen atoms in total. The largest absolute Gasteiger partial charge is 0.481 e. The van der Waals surface area contributed by atoms with E-state index >= 15 is 0 Å². The summed E-state index contributed by atoms with van der Waals surface area (Å²) in [5.74, 6) is -0.619. The number of hydrogen-bond donors (Lipinski definition) is 4. The van der Waals surface area contributed by atoms with Gasteiger partial charge >= 0.3 is 0 Å². The Morgan fingerprint density at radius 1 is 1.54 bits per heavy atom. The molecule has 0 aromatic carbocycles. The van der Waals surface area contributed by atoms with Crippen LogP contribution in [0.15, 0.2) is 17.1 Å². The van der Waals surface area contributed by atoms with Crippen molar-refractivity contribution in [2.45, 2.75) is 6.92 Å². The van der Waals surface area contributed by atoms with Crippen LogP contribution in [0.5, 0.6) is 0 Å². The Balaban J connectivity index is 0.000000310. The summed E-state index contributed by atoms with van der Waals surface area (Å²) in [6.45, 7) is 1.08. The molecule has 0 spiro atoms. The number of aliphatic carboxylic acids is 1. The van der Waals surface area contributed by atoms with Crippen molar-refractivity contribution >= 4 is 23.4 Å². The van der Waals surface area contributed by atoms with Crippen LogP contribution in [0.3, 0.4) is 0 Å². The molecule has 5 N–H and O–H groups in total. The number of carboxylic acid groups (broad SMARTS) is 1. The van der Waals surface area contributed by atoms with Crippen molar-refractivity contribution in [2.75, 3.05) is 0 Å². The Kier molecular flexibility index (Phi) is 4.08. The molecular weight excluding hydrogens is 172 g/mol. The molecular formula is C7H10N4O2. The van der Waals surface area contributed by atoms with Gasteiger partial charge < -0.3 is 10.8 Å². The lowest BCUT2D eigenvalue weighted by molar-refractivity contribution is -0.134. The highest BCUT2D eigenvalue weighted by atomic mass is 16.4. The van der Waals surface area contributed by atoms with Crippen LogP contribution in [0.25, 0.3) is 0 Å². The Morgan fingerprint density at radius 2 is 2.00 bits per heavy atom. The molecule has 0 aliphatic carbocycles. The van der Waals surface area contributed by atoms with Gasteiger partial charge in [0.25, 0.3) is 5.97 Å². The highest BCUT2D eigenvalue weighted by Gasteiger charge is 2.03. The summed E-state index contributed by atoms with van der Waals surface area (Å²) in [5, 5.41) is 21.4. The van der Waals surface area contributed by atoms with E-state index in [9.17, 15) is 0 Å². The summed E-state index contributed by atoms with van der Waals surface area (Å²) < 4.78 is 0. The standard InChI is InChI=1S/C5H6N4.C2H4O2/c6-3-1-2-4(7)9-5(3)8;1-2(3)4/h1-2,6H,(H3,7,8,9);1H3,(H,3,4). The molecule has 0 saturated carbocycles. The van der Waals surface area contributed by atoms with E-state index < -0.39 is 5.97 Å². The van der Waals surface area contributed by atoms with Crippen LogP contribution in [0.2, 0.25) is 0 Å². The number of amidine groups is 2. The van der Waals surface area contributed by atoms with Crippen LogP contribution in [-0.4, -0.2) is 28.5 Å². The van der Waals surface area contributed by atoms with Crippen molar-refractivity contribution in [2.24, 2.45) is 10.7 Å². The molecule has 1 aliphatic rings. The Labute approximate surface area is 74.8 Å². The molecule has 0 fully saturated rings. The van der Waals surface area contributed by atoms with Gasteiger partial charge in [-0.1, -0.05) is 0 Å². The first-order valence-corrected chi connectivity index (χ1v) is 3.32. The van der Waals surface area contributed by atoms with Crippen LogP contribution in [0.4, 0.5) is 0 Å². The predicted molar refractivity (Wildman–Crippen MR) is 49.5 cm³/mol. The summed E-state index contributed by atoms with van der Waals surface area (Å²) in [7, 11) is 0. The Bertz CT molecular complexity index is 300. The molecule has 0 unspecified atom stereocenters. The molecule has 0 aromatic rings. The Morgan fingerprint density at radius 3 is 2.31 bits per heavy atom. The number of aliphatic imine (C=N–C) groups is 1. The zero-order valence-corrected chi connectivity index (χ0v) is 7.03. The van der Waals surface area contributed by atoms with Gasteiger partial charge in [0.15, 0.2) is 5.84 Å². The van der Waals surface area contributed by atoms with Crippen LogP contribution >= 0.6 is 0 Å². The number of carboxylic acids is 1. The fourth-order valence-electron chi connectivity index (χ4n) is 0.475. The van der Waals surface area contributed by atoms with E-state index in [4.69, 9.17) is 26.5 Å². The second-order valence-corrected chi connectivity index (χ2v) is 2.15. The highest BCUT2D eigenvalue weighted by Crippen LogP contribution is 1.90. The van der Waals surface area contributed by atoms with Crippen LogP contribution in [-0.2, 0) is 4.79 Å². The van der Waals surface area contributed by atoms with Gasteiger partial charge in [-0.15, -0.1) is 0 Å². The van der Waals surface area contributed by atoms with E-state index in [0.29, 0.717) is 0 Å². The first-order chi connectivity index (χ1) is 5.93. The van der Waals surface area contributed by atoms with Crippen molar-refractivity contribution < 1.29 is 9.90 Å². The van der Waals surface area contributed by atoms with E-state index in [1.165, 1.54) is 12.2 Å².